The molecule has 0 saturated heterocycles. The minimum Gasteiger partial charge on any atom is -0.351 e. The lowest BCUT2D eigenvalue weighted by Gasteiger charge is -2.30. The number of amides is 2. The molecule has 7 nitrogen and oxygen atoms in total. The SMILES string of the molecule is CCCNC(=O)c1nc(C(F)(F)F)n2c1CN(C(=O)C[C@H](N)Cc1cc(F)c(F)cc1F)CC2. The van der Waals surface area contributed by atoms with Gasteiger partial charge in [-0.1, -0.05) is 6.92 Å². The summed E-state index contributed by atoms with van der Waals surface area (Å²) in [6.07, 6.45) is -4.81. The van der Waals surface area contributed by atoms with Gasteiger partial charge in [-0.2, -0.15) is 13.2 Å². The van der Waals surface area contributed by atoms with Crippen LogP contribution in [0, 0.1) is 17.5 Å². The highest BCUT2D eigenvalue weighted by Crippen LogP contribution is 2.32. The second-order valence-electron chi connectivity index (χ2n) is 7.98. The van der Waals surface area contributed by atoms with Gasteiger partial charge < -0.3 is 20.5 Å². The van der Waals surface area contributed by atoms with E-state index in [9.17, 15) is 35.9 Å². The van der Waals surface area contributed by atoms with Crippen LogP contribution in [0.25, 0.3) is 0 Å². The number of nitrogens with zero attached hydrogens (tertiary/aromatic N) is 3. The fourth-order valence-electron chi connectivity index (χ4n) is 3.73. The maximum Gasteiger partial charge on any atom is 0.449 e. The van der Waals surface area contributed by atoms with Crippen molar-refractivity contribution in [3.05, 3.63) is 52.4 Å². The van der Waals surface area contributed by atoms with E-state index in [1.165, 1.54) is 4.90 Å². The second kappa shape index (κ2) is 10.0. The number of nitrogens with two attached hydrogens (primary N) is 1. The Hall–Kier alpha value is -3.09. The first kappa shape index (κ1) is 25.5. The van der Waals surface area contributed by atoms with Crippen molar-refractivity contribution in [1.29, 1.82) is 0 Å². The van der Waals surface area contributed by atoms with Crippen molar-refractivity contribution in [3.8, 4) is 0 Å². The number of imidazole rings is 1. The van der Waals surface area contributed by atoms with Gasteiger partial charge in [-0.3, -0.25) is 9.59 Å². The molecule has 1 aromatic carbocycles. The van der Waals surface area contributed by atoms with Crippen LogP contribution in [-0.4, -0.2) is 45.4 Å². The van der Waals surface area contributed by atoms with Gasteiger partial charge in [0.1, 0.15) is 5.82 Å². The van der Waals surface area contributed by atoms with Gasteiger partial charge in [0.2, 0.25) is 11.7 Å². The summed E-state index contributed by atoms with van der Waals surface area (Å²) in [6.45, 7) is 1.39. The summed E-state index contributed by atoms with van der Waals surface area (Å²) in [5.41, 5.74) is 5.23. The number of rotatable bonds is 7. The number of alkyl halides is 3. The topological polar surface area (TPSA) is 93.2 Å². The predicted octanol–water partition coefficient (Wildman–Crippen LogP) is 2.76. The fourth-order valence-corrected chi connectivity index (χ4v) is 3.73. The third kappa shape index (κ3) is 5.51. The summed E-state index contributed by atoms with van der Waals surface area (Å²) in [7, 11) is 0. The number of carbonyl (C=O) groups is 2. The number of hydrogen-bond donors (Lipinski definition) is 2. The average molecular weight is 491 g/mol. The largest absolute Gasteiger partial charge is 0.449 e. The smallest absolute Gasteiger partial charge is 0.351 e. The maximum atomic E-state index is 13.9. The summed E-state index contributed by atoms with van der Waals surface area (Å²) in [5.74, 6) is -6.16. The molecule has 1 aromatic heterocycles. The zero-order chi connectivity index (χ0) is 25.2. The molecule has 2 amide bonds. The molecule has 13 heteroatoms. The summed E-state index contributed by atoms with van der Waals surface area (Å²) >= 11 is 0. The monoisotopic (exact) mass is 491 g/mol. The molecule has 0 saturated carbocycles. The molecular weight excluding hydrogens is 468 g/mol. The Balaban J connectivity index is 1.75. The summed E-state index contributed by atoms with van der Waals surface area (Å²) in [4.78, 5) is 29.9. The van der Waals surface area contributed by atoms with E-state index in [2.05, 4.69) is 10.3 Å². The van der Waals surface area contributed by atoms with Crippen molar-refractivity contribution >= 4 is 11.8 Å². The van der Waals surface area contributed by atoms with E-state index in [0.717, 1.165) is 4.57 Å². The number of aromatic nitrogens is 2. The standard InChI is InChI=1S/C21H23F6N5O2/c1-2-3-29-19(34)18-16-10-31(4-5-32(16)20(30-18)21(25,26)27)17(33)8-12(28)6-11-7-14(23)15(24)9-13(11)22/h7,9,12H,2-6,8,10,28H2,1H3,(H,29,34)/t12-/m1/s1. The second-order valence-corrected chi connectivity index (χ2v) is 7.98. The van der Waals surface area contributed by atoms with Crippen molar-refractivity contribution in [2.75, 3.05) is 13.1 Å². The number of hydrogen-bond acceptors (Lipinski definition) is 4. The Kier molecular flexibility index (Phi) is 7.54. The van der Waals surface area contributed by atoms with Gasteiger partial charge in [-0.05, 0) is 24.5 Å². The van der Waals surface area contributed by atoms with Crippen LogP contribution >= 0.6 is 0 Å². The highest BCUT2D eigenvalue weighted by atomic mass is 19.4. The molecule has 1 aliphatic rings. The Bertz CT molecular complexity index is 1080. The minimum atomic E-state index is -4.79. The molecule has 0 radical (unpaired) electrons. The fraction of sp³-hybridized carbons (Fsp3) is 0.476. The van der Waals surface area contributed by atoms with Gasteiger partial charge in [0.05, 0.1) is 12.2 Å². The molecule has 3 N–H and O–H groups in total. The number of fused-ring (bicyclic) bond motifs is 1. The van der Waals surface area contributed by atoms with Crippen molar-refractivity contribution in [2.24, 2.45) is 5.73 Å². The van der Waals surface area contributed by atoms with E-state index in [1.54, 1.807) is 6.92 Å². The van der Waals surface area contributed by atoms with Gasteiger partial charge in [0, 0.05) is 38.2 Å². The molecular formula is C21H23F6N5O2. The lowest BCUT2D eigenvalue weighted by atomic mass is 10.0. The van der Waals surface area contributed by atoms with Crippen molar-refractivity contribution in [2.45, 2.75) is 51.5 Å². The van der Waals surface area contributed by atoms with Crippen LogP contribution in [0.2, 0.25) is 0 Å². The van der Waals surface area contributed by atoms with Gasteiger partial charge in [0.15, 0.2) is 17.3 Å². The normalized spacial score (nSPS) is 14.6. The summed E-state index contributed by atoms with van der Waals surface area (Å²) in [6, 6.07) is 0.0830. The van der Waals surface area contributed by atoms with Crippen LogP contribution in [-0.2, 0) is 30.5 Å². The highest BCUT2D eigenvalue weighted by Gasteiger charge is 2.41. The highest BCUT2D eigenvalue weighted by molar-refractivity contribution is 5.93. The Morgan fingerprint density at radius 2 is 1.82 bits per heavy atom. The summed E-state index contributed by atoms with van der Waals surface area (Å²) < 4.78 is 81.5. The van der Waals surface area contributed by atoms with Crippen molar-refractivity contribution in [3.63, 3.8) is 0 Å². The van der Waals surface area contributed by atoms with Gasteiger partial charge in [-0.15, -0.1) is 0 Å². The Morgan fingerprint density at radius 3 is 2.47 bits per heavy atom. The van der Waals surface area contributed by atoms with E-state index >= 15 is 0 Å². The number of nitrogens with one attached hydrogen (secondary N) is 1. The molecule has 186 valence electrons. The molecule has 2 heterocycles. The molecule has 0 aliphatic carbocycles. The first-order valence-electron chi connectivity index (χ1n) is 10.5. The van der Waals surface area contributed by atoms with Crippen LogP contribution in [0.1, 0.15) is 47.3 Å². The van der Waals surface area contributed by atoms with E-state index in [0.29, 0.717) is 18.6 Å². The zero-order valence-corrected chi connectivity index (χ0v) is 18.2. The molecule has 0 unspecified atom stereocenters. The lowest BCUT2D eigenvalue weighted by molar-refractivity contribution is -0.148. The molecule has 0 bridgehead atoms. The van der Waals surface area contributed by atoms with Crippen LogP contribution < -0.4 is 11.1 Å². The summed E-state index contributed by atoms with van der Waals surface area (Å²) in [5, 5.41) is 2.48. The van der Waals surface area contributed by atoms with Gasteiger partial charge in [-0.25, -0.2) is 18.2 Å². The first-order chi connectivity index (χ1) is 15.9. The molecule has 0 fully saturated rings. The van der Waals surface area contributed by atoms with Crippen LogP contribution in [0.5, 0.6) is 0 Å². The zero-order valence-electron chi connectivity index (χ0n) is 18.2. The lowest BCUT2D eigenvalue weighted by Crippen LogP contribution is -2.42. The van der Waals surface area contributed by atoms with Crippen molar-refractivity contribution < 1.29 is 35.9 Å². The van der Waals surface area contributed by atoms with Crippen LogP contribution in [0.4, 0.5) is 26.3 Å². The molecule has 1 atom stereocenters. The Labute approximate surface area is 190 Å². The van der Waals surface area contributed by atoms with E-state index in [4.69, 9.17) is 5.73 Å². The molecule has 34 heavy (non-hydrogen) atoms. The number of carbonyl (C=O) groups excluding carboxylic acids is 2. The van der Waals surface area contributed by atoms with Gasteiger partial charge in [0.25, 0.3) is 5.91 Å². The third-order valence-electron chi connectivity index (χ3n) is 5.37. The molecule has 1 aliphatic heterocycles. The average Bonchev–Trinajstić information content (AvgIpc) is 3.15. The van der Waals surface area contributed by atoms with Gasteiger partial charge >= 0.3 is 6.18 Å². The van der Waals surface area contributed by atoms with E-state index in [-0.39, 0.29) is 50.3 Å². The Morgan fingerprint density at radius 1 is 1.15 bits per heavy atom. The predicted molar refractivity (Wildman–Crippen MR) is 108 cm³/mol. The quantitative estimate of drug-likeness (QED) is 0.460. The third-order valence-corrected chi connectivity index (χ3v) is 5.37. The molecule has 2 aromatic rings. The first-order valence-corrected chi connectivity index (χ1v) is 10.5. The molecule has 0 spiro atoms. The number of halogens is 6. The number of benzene rings is 1. The maximum absolute atomic E-state index is 13.9. The van der Waals surface area contributed by atoms with E-state index in [1.807, 2.05) is 0 Å². The van der Waals surface area contributed by atoms with E-state index < -0.39 is 53.0 Å². The van der Waals surface area contributed by atoms with Crippen molar-refractivity contribution in [1.82, 2.24) is 19.8 Å². The minimum absolute atomic E-state index is 0.0549. The van der Waals surface area contributed by atoms with Crippen LogP contribution in [0.3, 0.4) is 0 Å². The molecule has 3 rings (SSSR count). The van der Waals surface area contributed by atoms with Crippen LogP contribution in [0.15, 0.2) is 12.1 Å².